The Kier molecular flexibility index (Phi) is 4.02. The molecule has 0 bridgehead atoms. The highest BCUT2D eigenvalue weighted by Gasteiger charge is 2.30. The molecule has 1 unspecified atom stereocenters. The summed E-state index contributed by atoms with van der Waals surface area (Å²) < 4.78 is 5.47. The quantitative estimate of drug-likeness (QED) is 0.810. The predicted molar refractivity (Wildman–Crippen MR) is 81.6 cm³/mol. The number of carbonyl (C=O) groups is 1. The van der Waals surface area contributed by atoms with E-state index in [1.54, 1.807) is 0 Å². The number of benzene rings is 2. The highest BCUT2D eigenvalue weighted by Crippen LogP contribution is 2.22. The Morgan fingerprint density at radius 2 is 1.76 bits per heavy atom. The molecule has 3 nitrogen and oxygen atoms in total. The molecule has 1 atom stereocenters. The lowest BCUT2D eigenvalue weighted by Crippen LogP contribution is -2.43. The van der Waals surface area contributed by atoms with Gasteiger partial charge in [-0.25, -0.2) is 0 Å². The molecule has 0 aliphatic carbocycles. The molecule has 3 rings (SSSR count). The number of esters is 1. The first-order chi connectivity index (χ1) is 10.2. The van der Waals surface area contributed by atoms with Crippen molar-refractivity contribution >= 4 is 5.97 Å². The number of rotatable bonds is 3. The van der Waals surface area contributed by atoms with Gasteiger partial charge >= 0.3 is 5.97 Å². The van der Waals surface area contributed by atoms with Crippen LogP contribution in [0, 0.1) is 0 Å². The number of hydrogen-bond donors (Lipinski definition) is 0. The van der Waals surface area contributed by atoms with Crippen molar-refractivity contribution in [2.75, 3.05) is 7.05 Å². The van der Waals surface area contributed by atoms with E-state index < -0.39 is 0 Å². The lowest BCUT2D eigenvalue weighted by atomic mass is 9.94. The zero-order chi connectivity index (χ0) is 14.7. The molecule has 0 N–H and O–H groups in total. The largest absolute Gasteiger partial charge is 0.460 e. The van der Waals surface area contributed by atoms with Gasteiger partial charge in [0.2, 0.25) is 0 Å². The molecular weight excluding hydrogens is 262 g/mol. The molecule has 21 heavy (non-hydrogen) atoms. The maximum absolute atomic E-state index is 12.3. The summed E-state index contributed by atoms with van der Waals surface area (Å²) in [7, 11) is 1.98. The Bertz CT molecular complexity index is 624. The van der Waals surface area contributed by atoms with E-state index in [9.17, 15) is 4.79 Å². The van der Waals surface area contributed by atoms with Gasteiger partial charge in [-0.3, -0.25) is 9.69 Å². The van der Waals surface area contributed by atoms with Crippen LogP contribution in [0.25, 0.3) is 0 Å². The van der Waals surface area contributed by atoms with E-state index >= 15 is 0 Å². The predicted octanol–water partition coefficient (Wildman–Crippen LogP) is 2.79. The SMILES string of the molecule is CN1Cc2ccccc2CC1C(=O)OCc1ccccc1. The third kappa shape index (κ3) is 3.14. The minimum absolute atomic E-state index is 0.143. The van der Waals surface area contributed by atoms with Crippen molar-refractivity contribution in [3.63, 3.8) is 0 Å². The fourth-order valence-electron chi connectivity index (χ4n) is 2.74. The minimum atomic E-state index is -0.191. The molecule has 1 aliphatic heterocycles. The van der Waals surface area contributed by atoms with Gasteiger partial charge < -0.3 is 4.74 Å². The van der Waals surface area contributed by atoms with Crippen LogP contribution >= 0.6 is 0 Å². The van der Waals surface area contributed by atoms with Crippen molar-refractivity contribution < 1.29 is 9.53 Å². The Balaban J connectivity index is 1.65. The van der Waals surface area contributed by atoms with Crippen LogP contribution in [-0.4, -0.2) is 24.0 Å². The monoisotopic (exact) mass is 281 g/mol. The highest BCUT2D eigenvalue weighted by molar-refractivity contribution is 5.76. The molecule has 2 aromatic rings. The number of nitrogens with zero attached hydrogens (tertiary/aromatic N) is 1. The summed E-state index contributed by atoms with van der Waals surface area (Å²) in [5, 5.41) is 0. The van der Waals surface area contributed by atoms with Gasteiger partial charge in [0, 0.05) is 6.54 Å². The van der Waals surface area contributed by atoms with Crippen LogP contribution in [0.15, 0.2) is 54.6 Å². The molecule has 0 saturated heterocycles. The van der Waals surface area contributed by atoms with Crippen molar-refractivity contribution in [1.29, 1.82) is 0 Å². The zero-order valence-electron chi connectivity index (χ0n) is 12.2. The average molecular weight is 281 g/mol. The summed E-state index contributed by atoms with van der Waals surface area (Å²) in [6, 6.07) is 17.9. The lowest BCUT2D eigenvalue weighted by Gasteiger charge is -2.32. The first-order valence-electron chi connectivity index (χ1n) is 7.21. The molecule has 3 heteroatoms. The first-order valence-corrected chi connectivity index (χ1v) is 7.21. The first kappa shape index (κ1) is 13.8. The second-order valence-corrected chi connectivity index (χ2v) is 5.50. The van der Waals surface area contributed by atoms with E-state index in [0.717, 1.165) is 18.5 Å². The van der Waals surface area contributed by atoms with E-state index in [-0.39, 0.29) is 12.0 Å². The second-order valence-electron chi connectivity index (χ2n) is 5.50. The maximum Gasteiger partial charge on any atom is 0.324 e. The number of carbonyl (C=O) groups excluding carboxylic acids is 1. The number of hydrogen-bond acceptors (Lipinski definition) is 3. The molecule has 0 spiro atoms. The van der Waals surface area contributed by atoms with Crippen LogP contribution in [0.1, 0.15) is 16.7 Å². The lowest BCUT2D eigenvalue weighted by molar-refractivity contribution is -0.151. The van der Waals surface area contributed by atoms with Gasteiger partial charge in [-0.2, -0.15) is 0 Å². The molecule has 108 valence electrons. The Morgan fingerprint density at radius 1 is 1.10 bits per heavy atom. The van der Waals surface area contributed by atoms with E-state index in [1.165, 1.54) is 11.1 Å². The van der Waals surface area contributed by atoms with E-state index in [0.29, 0.717) is 6.61 Å². The van der Waals surface area contributed by atoms with Crippen LogP contribution in [-0.2, 0) is 29.1 Å². The van der Waals surface area contributed by atoms with Crippen molar-refractivity contribution in [2.45, 2.75) is 25.6 Å². The van der Waals surface area contributed by atoms with Crippen LogP contribution in [0.3, 0.4) is 0 Å². The van der Waals surface area contributed by atoms with Crippen molar-refractivity contribution in [2.24, 2.45) is 0 Å². The van der Waals surface area contributed by atoms with E-state index in [2.05, 4.69) is 17.0 Å². The maximum atomic E-state index is 12.3. The summed E-state index contributed by atoms with van der Waals surface area (Å²) in [5.74, 6) is -0.143. The summed E-state index contributed by atoms with van der Waals surface area (Å²) >= 11 is 0. The second kappa shape index (κ2) is 6.10. The van der Waals surface area contributed by atoms with Gasteiger partial charge in [0.1, 0.15) is 12.6 Å². The standard InChI is InChI=1S/C18H19NO2/c1-19-12-16-10-6-5-9-15(16)11-17(19)18(20)21-13-14-7-3-2-4-8-14/h2-10,17H,11-13H2,1H3. The van der Waals surface area contributed by atoms with Gasteiger partial charge in [0.15, 0.2) is 0 Å². The van der Waals surface area contributed by atoms with Gasteiger partial charge in [0.05, 0.1) is 0 Å². The Hall–Kier alpha value is -2.13. The molecular formula is C18H19NO2. The topological polar surface area (TPSA) is 29.5 Å². The van der Waals surface area contributed by atoms with Gasteiger partial charge in [-0.1, -0.05) is 54.6 Å². The van der Waals surface area contributed by atoms with Gasteiger partial charge in [-0.05, 0) is 30.2 Å². The number of fused-ring (bicyclic) bond motifs is 1. The highest BCUT2D eigenvalue weighted by atomic mass is 16.5. The zero-order valence-corrected chi connectivity index (χ0v) is 12.2. The van der Waals surface area contributed by atoms with Crippen LogP contribution in [0.2, 0.25) is 0 Å². The van der Waals surface area contributed by atoms with E-state index in [1.807, 2.05) is 49.5 Å². The van der Waals surface area contributed by atoms with Crippen molar-refractivity contribution in [1.82, 2.24) is 4.90 Å². The molecule has 0 amide bonds. The van der Waals surface area contributed by atoms with Crippen molar-refractivity contribution in [3.8, 4) is 0 Å². The van der Waals surface area contributed by atoms with Crippen LogP contribution < -0.4 is 0 Å². The Labute approximate surface area is 125 Å². The molecule has 2 aromatic carbocycles. The average Bonchev–Trinajstić information content (AvgIpc) is 2.53. The molecule has 0 fully saturated rings. The molecule has 0 aromatic heterocycles. The normalized spacial score (nSPS) is 18.0. The third-order valence-corrected chi connectivity index (χ3v) is 3.98. The van der Waals surface area contributed by atoms with E-state index in [4.69, 9.17) is 4.74 Å². The number of likely N-dealkylation sites (N-methyl/N-ethyl adjacent to an activating group) is 1. The fraction of sp³-hybridized carbons (Fsp3) is 0.278. The molecule has 1 heterocycles. The van der Waals surface area contributed by atoms with Crippen molar-refractivity contribution in [3.05, 3.63) is 71.3 Å². The van der Waals surface area contributed by atoms with Gasteiger partial charge in [0.25, 0.3) is 0 Å². The molecule has 1 aliphatic rings. The fourth-order valence-corrected chi connectivity index (χ4v) is 2.74. The third-order valence-electron chi connectivity index (χ3n) is 3.98. The van der Waals surface area contributed by atoms with Crippen LogP contribution in [0.4, 0.5) is 0 Å². The molecule has 0 radical (unpaired) electrons. The van der Waals surface area contributed by atoms with Crippen LogP contribution in [0.5, 0.6) is 0 Å². The molecule has 0 saturated carbocycles. The summed E-state index contributed by atoms with van der Waals surface area (Å²) in [4.78, 5) is 14.4. The smallest absolute Gasteiger partial charge is 0.324 e. The minimum Gasteiger partial charge on any atom is -0.460 e. The summed E-state index contributed by atoms with van der Waals surface area (Å²) in [5.41, 5.74) is 3.56. The van der Waals surface area contributed by atoms with Gasteiger partial charge in [-0.15, -0.1) is 0 Å². The summed E-state index contributed by atoms with van der Waals surface area (Å²) in [6.45, 7) is 1.13. The number of ether oxygens (including phenoxy) is 1. The Morgan fingerprint density at radius 3 is 2.52 bits per heavy atom. The summed E-state index contributed by atoms with van der Waals surface area (Å²) in [6.07, 6.45) is 0.723.